The maximum Gasteiger partial charge on any atom is 0.214 e. The van der Waals surface area contributed by atoms with Crippen LogP contribution in [0, 0.1) is 5.92 Å². The van der Waals surface area contributed by atoms with E-state index in [2.05, 4.69) is 17.3 Å². The minimum atomic E-state index is -3.07. The van der Waals surface area contributed by atoms with Gasteiger partial charge in [-0.15, -0.1) is 0 Å². The number of likely N-dealkylation sites (N-methyl/N-ethyl adjacent to an activating group) is 1. The van der Waals surface area contributed by atoms with Gasteiger partial charge in [0.05, 0.1) is 5.75 Å². The Morgan fingerprint density at radius 3 is 2.50 bits per heavy atom. The summed E-state index contributed by atoms with van der Waals surface area (Å²) in [6.07, 6.45) is 5.39. The predicted octanol–water partition coefficient (Wildman–Crippen LogP) is 0.484. The van der Waals surface area contributed by atoms with E-state index >= 15 is 0 Å². The molecule has 2 atom stereocenters. The topological polar surface area (TPSA) is 52.7 Å². The van der Waals surface area contributed by atoms with Crippen LogP contribution in [0.25, 0.3) is 0 Å². The number of hydrogen-bond donors (Lipinski definition) is 1. The molecule has 0 radical (unpaired) electrons. The second-order valence-corrected chi connectivity index (χ2v) is 8.68. The highest BCUT2D eigenvalue weighted by molar-refractivity contribution is 7.89. The Morgan fingerprint density at radius 2 is 1.75 bits per heavy atom. The first-order valence-corrected chi connectivity index (χ1v) is 9.57. The van der Waals surface area contributed by atoms with Crippen LogP contribution in [0.5, 0.6) is 0 Å². The van der Waals surface area contributed by atoms with Crippen molar-refractivity contribution in [1.29, 1.82) is 0 Å². The summed E-state index contributed by atoms with van der Waals surface area (Å²) in [5.41, 5.74) is 0. The average molecular weight is 301 g/mol. The van der Waals surface area contributed by atoms with Gasteiger partial charge in [0.1, 0.15) is 0 Å². The van der Waals surface area contributed by atoms with E-state index in [1.807, 2.05) is 0 Å². The molecular weight excluding hydrogens is 274 g/mol. The maximum atomic E-state index is 12.7. The van der Waals surface area contributed by atoms with Gasteiger partial charge in [0.2, 0.25) is 10.0 Å². The normalized spacial score (nSPS) is 34.2. The summed E-state index contributed by atoms with van der Waals surface area (Å²) in [5, 5.41) is 3.30. The molecule has 3 heterocycles. The van der Waals surface area contributed by atoms with Gasteiger partial charge in [-0.25, -0.2) is 12.7 Å². The Bertz CT molecular complexity index is 434. The minimum Gasteiger partial charge on any atom is -0.317 e. The summed E-state index contributed by atoms with van der Waals surface area (Å²) >= 11 is 0. The number of piperidine rings is 1. The van der Waals surface area contributed by atoms with E-state index in [1.54, 1.807) is 4.31 Å². The van der Waals surface area contributed by atoms with Crippen molar-refractivity contribution >= 4 is 10.0 Å². The number of nitrogens with zero attached hydrogens (tertiary/aromatic N) is 2. The second-order valence-electron chi connectivity index (χ2n) is 6.67. The molecule has 3 saturated heterocycles. The van der Waals surface area contributed by atoms with E-state index in [-0.39, 0.29) is 0 Å². The summed E-state index contributed by atoms with van der Waals surface area (Å²) < 4.78 is 27.1. The smallest absolute Gasteiger partial charge is 0.214 e. The summed E-state index contributed by atoms with van der Waals surface area (Å²) in [4.78, 5) is 2.40. The molecule has 3 rings (SSSR count). The molecule has 0 spiro atoms. The molecule has 0 aromatic rings. The van der Waals surface area contributed by atoms with Gasteiger partial charge in [-0.05, 0) is 58.2 Å². The second kappa shape index (κ2) is 5.91. The molecule has 20 heavy (non-hydrogen) atoms. The highest BCUT2D eigenvalue weighted by Gasteiger charge is 2.38. The van der Waals surface area contributed by atoms with Crippen molar-refractivity contribution in [3.8, 4) is 0 Å². The first-order valence-electron chi connectivity index (χ1n) is 7.97. The average Bonchev–Trinajstić information content (AvgIpc) is 2.63. The van der Waals surface area contributed by atoms with Gasteiger partial charge in [-0.3, -0.25) is 4.90 Å². The Hall–Kier alpha value is -0.170. The van der Waals surface area contributed by atoms with Gasteiger partial charge >= 0.3 is 0 Å². The van der Waals surface area contributed by atoms with E-state index in [4.69, 9.17) is 0 Å². The SMILES string of the molecule is CN1C2CCC1CN(S(=O)(=O)CC1CCNCC1)CC2. The molecule has 2 bridgehead atoms. The molecule has 1 N–H and O–H groups in total. The van der Waals surface area contributed by atoms with Crippen LogP contribution in [0.1, 0.15) is 32.1 Å². The van der Waals surface area contributed by atoms with E-state index in [9.17, 15) is 8.42 Å². The third kappa shape index (κ3) is 3.03. The van der Waals surface area contributed by atoms with Crippen molar-refractivity contribution in [3.63, 3.8) is 0 Å². The third-order valence-corrected chi connectivity index (χ3v) is 7.42. The van der Waals surface area contributed by atoms with Crippen molar-refractivity contribution < 1.29 is 8.42 Å². The van der Waals surface area contributed by atoms with Crippen molar-refractivity contribution in [1.82, 2.24) is 14.5 Å². The summed E-state index contributed by atoms with van der Waals surface area (Å²) in [5.74, 6) is 0.704. The lowest BCUT2D eigenvalue weighted by atomic mass is 10.0. The van der Waals surface area contributed by atoms with E-state index in [1.165, 1.54) is 6.42 Å². The summed E-state index contributed by atoms with van der Waals surface area (Å²) in [6, 6.07) is 1.03. The Kier molecular flexibility index (Phi) is 4.36. The number of sulfonamides is 1. The van der Waals surface area contributed by atoms with E-state index < -0.39 is 10.0 Å². The molecule has 6 heteroatoms. The fourth-order valence-electron chi connectivity index (χ4n) is 3.98. The van der Waals surface area contributed by atoms with Crippen LogP contribution >= 0.6 is 0 Å². The van der Waals surface area contributed by atoms with Gasteiger partial charge in [-0.1, -0.05) is 0 Å². The molecule has 3 fully saturated rings. The quantitative estimate of drug-likeness (QED) is 0.824. The monoisotopic (exact) mass is 301 g/mol. The largest absolute Gasteiger partial charge is 0.317 e. The zero-order chi connectivity index (χ0) is 14.2. The van der Waals surface area contributed by atoms with Crippen LogP contribution in [0.2, 0.25) is 0 Å². The fraction of sp³-hybridized carbons (Fsp3) is 1.00. The highest BCUT2D eigenvalue weighted by atomic mass is 32.2. The zero-order valence-electron chi connectivity index (χ0n) is 12.4. The molecule has 3 aliphatic rings. The maximum absolute atomic E-state index is 12.7. The highest BCUT2D eigenvalue weighted by Crippen LogP contribution is 2.30. The predicted molar refractivity (Wildman–Crippen MR) is 80.1 cm³/mol. The van der Waals surface area contributed by atoms with Crippen LogP contribution in [0.4, 0.5) is 0 Å². The zero-order valence-corrected chi connectivity index (χ0v) is 13.2. The summed E-state index contributed by atoms with van der Waals surface area (Å²) in [7, 11) is -0.915. The Morgan fingerprint density at radius 1 is 1.05 bits per heavy atom. The van der Waals surface area contributed by atoms with E-state index in [0.717, 1.165) is 45.3 Å². The lowest BCUT2D eigenvalue weighted by Crippen LogP contribution is -2.42. The number of rotatable bonds is 3. The van der Waals surface area contributed by atoms with Gasteiger partial charge in [-0.2, -0.15) is 0 Å². The van der Waals surface area contributed by atoms with Crippen molar-refractivity contribution in [2.75, 3.05) is 39.0 Å². The van der Waals surface area contributed by atoms with Gasteiger partial charge < -0.3 is 5.32 Å². The molecule has 0 aliphatic carbocycles. The van der Waals surface area contributed by atoms with Crippen LogP contribution in [-0.2, 0) is 10.0 Å². The Labute approximate surface area is 122 Å². The van der Waals surface area contributed by atoms with Crippen molar-refractivity contribution in [2.45, 2.75) is 44.2 Å². The van der Waals surface area contributed by atoms with Gasteiger partial charge in [0, 0.05) is 25.2 Å². The lowest BCUT2D eigenvalue weighted by molar-refractivity contribution is 0.246. The van der Waals surface area contributed by atoms with Crippen LogP contribution in [-0.4, -0.2) is 68.7 Å². The Balaban J connectivity index is 1.65. The van der Waals surface area contributed by atoms with Crippen molar-refractivity contribution in [3.05, 3.63) is 0 Å². The first kappa shape index (κ1) is 14.8. The molecule has 2 unspecified atom stereocenters. The number of nitrogens with one attached hydrogen (secondary N) is 1. The van der Waals surface area contributed by atoms with Gasteiger partial charge in [0.25, 0.3) is 0 Å². The standard InChI is InChI=1S/C14H27N3O2S/c1-16-13-2-3-14(16)10-17(9-6-13)20(18,19)11-12-4-7-15-8-5-12/h12-15H,2-11H2,1H3. The number of hydrogen-bond acceptors (Lipinski definition) is 4. The van der Waals surface area contributed by atoms with Gasteiger partial charge in [0.15, 0.2) is 0 Å². The first-order chi connectivity index (χ1) is 9.56. The molecule has 3 aliphatic heterocycles. The fourth-order valence-corrected chi connectivity index (χ4v) is 5.90. The third-order valence-electron chi connectivity index (χ3n) is 5.41. The van der Waals surface area contributed by atoms with Crippen molar-refractivity contribution in [2.24, 2.45) is 5.92 Å². The molecular formula is C14H27N3O2S. The molecule has 0 amide bonds. The summed E-state index contributed by atoms with van der Waals surface area (Å²) in [6.45, 7) is 3.36. The van der Waals surface area contributed by atoms with Crippen LogP contribution in [0.3, 0.4) is 0 Å². The molecule has 116 valence electrons. The molecule has 0 aromatic carbocycles. The van der Waals surface area contributed by atoms with Crippen LogP contribution in [0.15, 0.2) is 0 Å². The number of fused-ring (bicyclic) bond motifs is 2. The van der Waals surface area contributed by atoms with E-state index in [0.29, 0.717) is 30.3 Å². The molecule has 0 aromatic heterocycles. The molecule has 5 nitrogen and oxygen atoms in total. The molecule has 0 saturated carbocycles. The lowest BCUT2D eigenvalue weighted by Gasteiger charge is -2.28. The van der Waals surface area contributed by atoms with Crippen LogP contribution < -0.4 is 5.32 Å². The minimum absolute atomic E-state index is 0.347.